The normalized spacial score (nSPS) is 11.2. The summed E-state index contributed by atoms with van der Waals surface area (Å²) in [4.78, 5) is 23.2. The van der Waals surface area contributed by atoms with E-state index in [-0.39, 0.29) is 29.9 Å². The van der Waals surface area contributed by atoms with Gasteiger partial charge in [0.1, 0.15) is 5.82 Å². The zero-order valence-corrected chi connectivity index (χ0v) is 22.3. The highest BCUT2D eigenvalue weighted by molar-refractivity contribution is 14.0. The molecule has 0 atom stereocenters. The fourth-order valence-corrected chi connectivity index (χ4v) is 3.79. The quantitative estimate of drug-likeness (QED) is 0.178. The fraction of sp³-hybridized carbons (Fsp3) is 0.400. The van der Waals surface area contributed by atoms with Gasteiger partial charge in [-0.05, 0) is 57.0 Å². The second-order valence-electron chi connectivity index (χ2n) is 7.68. The molecule has 0 bridgehead atoms. The van der Waals surface area contributed by atoms with Crippen LogP contribution in [0.15, 0.2) is 53.5 Å². The van der Waals surface area contributed by atoms with Gasteiger partial charge in [0.2, 0.25) is 0 Å². The van der Waals surface area contributed by atoms with Gasteiger partial charge < -0.3 is 20.1 Å². The van der Waals surface area contributed by atoms with Gasteiger partial charge in [0, 0.05) is 45.3 Å². The minimum Gasteiger partial charge on any atom is -0.356 e. The fourth-order valence-electron chi connectivity index (χ4n) is 3.79. The molecular weight excluding hydrogens is 527 g/mol. The third-order valence-electron chi connectivity index (χ3n) is 5.63. The summed E-state index contributed by atoms with van der Waals surface area (Å²) in [5, 5.41) is 6.71. The predicted molar refractivity (Wildman–Crippen MR) is 146 cm³/mol. The number of carbonyl (C=O) groups is 1. The van der Waals surface area contributed by atoms with Crippen molar-refractivity contribution in [2.75, 3.05) is 26.7 Å². The van der Waals surface area contributed by atoms with Crippen molar-refractivity contribution < 1.29 is 4.79 Å². The summed E-state index contributed by atoms with van der Waals surface area (Å²) in [6, 6.07) is 16.0. The topological polar surface area (TPSA) is 74.6 Å². The van der Waals surface area contributed by atoms with Crippen LogP contribution in [0.4, 0.5) is 0 Å². The number of carbonyl (C=O) groups excluding carboxylic acids is 1. The molecule has 1 amide bonds. The summed E-state index contributed by atoms with van der Waals surface area (Å²) in [6.45, 7) is 9.84. The molecule has 0 saturated heterocycles. The Bertz CT molecular complexity index is 1060. The Balaban J connectivity index is 0.00000385. The number of imidazole rings is 1. The number of benzene rings is 2. The van der Waals surface area contributed by atoms with Gasteiger partial charge in [-0.25, -0.2) is 4.98 Å². The van der Waals surface area contributed by atoms with Crippen LogP contribution in [-0.4, -0.2) is 53.0 Å². The van der Waals surface area contributed by atoms with E-state index in [9.17, 15) is 4.79 Å². The number of aromatic nitrogens is 2. The van der Waals surface area contributed by atoms with Crippen LogP contribution in [0.5, 0.6) is 0 Å². The van der Waals surface area contributed by atoms with Crippen molar-refractivity contribution in [3.05, 3.63) is 65.5 Å². The first-order chi connectivity index (χ1) is 15.6. The van der Waals surface area contributed by atoms with E-state index in [0.717, 1.165) is 61.0 Å². The molecule has 0 aliphatic rings. The molecule has 3 aromatic rings. The van der Waals surface area contributed by atoms with Gasteiger partial charge in [-0.3, -0.25) is 9.79 Å². The maximum Gasteiger partial charge on any atom is 0.253 e. The van der Waals surface area contributed by atoms with E-state index in [4.69, 9.17) is 0 Å². The van der Waals surface area contributed by atoms with Crippen LogP contribution >= 0.6 is 24.0 Å². The Labute approximate surface area is 213 Å². The van der Waals surface area contributed by atoms with E-state index in [1.54, 1.807) is 7.05 Å². The lowest BCUT2D eigenvalue weighted by atomic mass is 10.1. The molecule has 0 radical (unpaired) electrons. The van der Waals surface area contributed by atoms with Crippen LogP contribution in [0.3, 0.4) is 0 Å². The first-order valence-electron chi connectivity index (χ1n) is 11.3. The van der Waals surface area contributed by atoms with E-state index in [0.29, 0.717) is 6.54 Å². The molecule has 0 aliphatic carbocycles. The second kappa shape index (κ2) is 13.2. The molecule has 0 spiro atoms. The number of rotatable bonds is 9. The largest absolute Gasteiger partial charge is 0.356 e. The number of amides is 1. The third kappa shape index (κ3) is 6.93. The Morgan fingerprint density at radius 2 is 1.76 bits per heavy atom. The van der Waals surface area contributed by atoms with Gasteiger partial charge in [-0.15, -0.1) is 24.0 Å². The minimum atomic E-state index is 0. The molecule has 1 aromatic heterocycles. The van der Waals surface area contributed by atoms with Crippen LogP contribution in [0, 0.1) is 6.92 Å². The molecule has 33 heavy (non-hydrogen) atoms. The lowest BCUT2D eigenvalue weighted by Crippen LogP contribution is -2.37. The van der Waals surface area contributed by atoms with Crippen LogP contribution in [0.2, 0.25) is 0 Å². The van der Waals surface area contributed by atoms with Gasteiger partial charge in [-0.2, -0.15) is 0 Å². The number of halogens is 1. The van der Waals surface area contributed by atoms with Gasteiger partial charge >= 0.3 is 0 Å². The zero-order valence-electron chi connectivity index (χ0n) is 20.0. The van der Waals surface area contributed by atoms with E-state index >= 15 is 0 Å². The standard InChI is InChI=1S/C25H34N6O.HI/c1-5-30(6-2)24(32)21-14-12-20(13-15-21)18-28-25(26-4)27-16-9-17-31-19(3)29-22-10-7-8-11-23(22)31;/h7-8,10-15H,5-6,9,16-18H2,1-4H3,(H2,26,27,28);1H. The van der Waals surface area contributed by atoms with Gasteiger partial charge in [0.05, 0.1) is 11.0 Å². The summed E-state index contributed by atoms with van der Waals surface area (Å²) >= 11 is 0. The van der Waals surface area contributed by atoms with Crippen molar-refractivity contribution in [1.29, 1.82) is 0 Å². The highest BCUT2D eigenvalue weighted by Gasteiger charge is 2.12. The SMILES string of the molecule is CCN(CC)C(=O)c1ccc(CNC(=NC)NCCCn2c(C)nc3ccccc32)cc1.I. The molecule has 178 valence electrons. The molecular formula is C25H35IN6O. The number of aryl methyl sites for hydroxylation is 2. The molecule has 3 rings (SSSR count). The molecule has 7 nitrogen and oxygen atoms in total. The molecule has 8 heteroatoms. The number of hydrogen-bond donors (Lipinski definition) is 2. The van der Waals surface area contributed by atoms with Crippen LogP contribution in [0.25, 0.3) is 11.0 Å². The summed E-state index contributed by atoms with van der Waals surface area (Å²) in [7, 11) is 1.77. The maximum absolute atomic E-state index is 12.4. The Kier molecular flexibility index (Phi) is 10.6. The lowest BCUT2D eigenvalue weighted by Gasteiger charge is -2.18. The minimum absolute atomic E-state index is 0. The van der Waals surface area contributed by atoms with Crippen LogP contribution in [0.1, 0.15) is 42.0 Å². The van der Waals surface area contributed by atoms with Gasteiger partial charge in [-0.1, -0.05) is 24.3 Å². The number of aliphatic imine (C=N–C) groups is 1. The average Bonchev–Trinajstić information content (AvgIpc) is 3.14. The van der Waals surface area contributed by atoms with Gasteiger partial charge in [0.15, 0.2) is 5.96 Å². The highest BCUT2D eigenvalue weighted by Crippen LogP contribution is 2.15. The smallest absolute Gasteiger partial charge is 0.253 e. The number of hydrogen-bond acceptors (Lipinski definition) is 3. The average molecular weight is 563 g/mol. The van der Waals surface area contributed by atoms with Crippen molar-refractivity contribution in [3.63, 3.8) is 0 Å². The molecule has 2 aromatic carbocycles. The number of guanidine groups is 1. The van der Waals surface area contributed by atoms with E-state index < -0.39 is 0 Å². The molecule has 0 aliphatic heterocycles. The maximum atomic E-state index is 12.4. The zero-order chi connectivity index (χ0) is 22.9. The van der Waals surface area contributed by atoms with Crippen molar-refractivity contribution in [1.82, 2.24) is 25.1 Å². The van der Waals surface area contributed by atoms with Crippen molar-refractivity contribution in [2.45, 2.75) is 40.3 Å². The Morgan fingerprint density at radius 3 is 2.42 bits per heavy atom. The number of nitrogens with one attached hydrogen (secondary N) is 2. The van der Waals surface area contributed by atoms with Crippen molar-refractivity contribution in [3.8, 4) is 0 Å². The van der Waals surface area contributed by atoms with Crippen molar-refractivity contribution >= 4 is 46.9 Å². The lowest BCUT2D eigenvalue weighted by molar-refractivity contribution is 0.0773. The molecule has 2 N–H and O–H groups in total. The molecule has 1 heterocycles. The van der Waals surface area contributed by atoms with Crippen LogP contribution in [-0.2, 0) is 13.1 Å². The van der Waals surface area contributed by atoms with Gasteiger partial charge in [0.25, 0.3) is 5.91 Å². The highest BCUT2D eigenvalue weighted by atomic mass is 127. The molecule has 0 saturated carbocycles. The van der Waals surface area contributed by atoms with Crippen molar-refractivity contribution in [2.24, 2.45) is 4.99 Å². The summed E-state index contributed by atoms with van der Waals surface area (Å²) < 4.78 is 2.26. The third-order valence-corrected chi connectivity index (χ3v) is 5.63. The van der Waals surface area contributed by atoms with E-state index in [1.165, 1.54) is 5.52 Å². The Hall–Kier alpha value is -2.62. The summed E-state index contributed by atoms with van der Waals surface area (Å²) in [5.41, 5.74) is 4.04. The summed E-state index contributed by atoms with van der Waals surface area (Å²) in [5.74, 6) is 1.88. The first-order valence-corrected chi connectivity index (χ1v) is 11.3. The second-order valence-corrected chi connectivity index (χ2v) is 7.68. The predicted octanol–water partition coefficient (Wildman–Crippen LogP) is 4.20. The van der Waals surface area contributed by atoms with E-state index in [2.05, 4.69) is 50.3 Å². The Morgan fingerprint density at radius 1 is 1.06 bits per heavy atom. The molecule has 0 unspecified atom stereocenters. The van der Waals surface area contributed by atoms with Crippen LogP contribution < -0.4 is 10.6 Å². The monoisotopic (exact) mass is 562 g/mol. The van der Waals surface area contributed by atoms with E-state index in [1.807, 2.05) is 49.1 Å². The number of fused-ring (bicyclic) bond motifs is 1. The first kappa shape index (κ1) is 26.6. The summed E-state index contributed by atoms with van der Waals surface area (Å²) in [6.07, 6.45) is 0.962. The number of nitrogens with zero attached hydrogens (tertiary/aromatic N) is 4. The number of para-hydroxylation sites is 2. The molecule has 0 fully saturated rings.